The summed E-state index contributed by atoms with van der Waals surface area (Å²) in [6, 6.07) is 0. The number of aliphatic carboxylic acids is 1. The van der Waals surface area contributed by atoms with E-state index >= 15 is 0 Å². The maximum Gasteiger partial charge on any atom is 0.460 e. The molecule has 1 N–H and O–H groups in total. The standard InChI is InChI=1S/C22H9F33O2/c1-5(6(56)57)3-2-4-7(23,24)8(25,26)9(27,28)10(29,30)11(31,32)12(33,34)13(35,36)14(37,38)15(39,40)16(41,42)17(43,44)18(45,46)19(47,48)20(49,50)21(51,52)22(53,54)55/h3H,2,4H2,1H3,(H,56,57). The maximum atomic E-state index is 14.0. The average Bonchev–Trinajstić information content (AvgIpc) is 2.98. The van der Waals surface area contributed by atoms with E-state index in [-0.39, 0.29) is 6.08 Å². The van der Waals surface area contributed by atoms with Gasteiger partial charge in [0.1, 0.15) is 0 Å². The van der Waals surface area contributed by atoms with Gasteiger partial charge in [-0.3, -0.25) is 0 Å². The van der Waals surface area contributed by atoms with Crippen molar-refractivity contribution in [3.05, 3.63) is 11.6 Å². The van der Waals surface area contributed by atoms with Crippen molar-refractivity contribution in [1.29, 1.82) is 0 Å². The van der Waals surface area contributed by atoms with Gasteiger partial charge in [0.2, 0.25) is 0 Å². The molecule has 0 aliphatic carbocycles. The van der Waals surface area contributed by atoms with Crippen molar-refractivity contribution >= 4 is 5.97 Å². The van der Waals surface area contributed by atoms with Gasteiger partial charge in [0.15, 0.2) is 0 Å². The first-order valence-corrected chi connectivity index (χ1v) is 12.7. The number of hydrogen-bond acceptors (Lipinski definition) is 1. The highest BCUT2D eigenvalue weighted by Gasteiger charge is 3.01. The van der Waals surface area contributed by atoms with Crippen molar-refractivity contribution in [3.63, 3.8) is 0 Å². The van der Waals surface area contributed by atoms with Crippen LogP contribution >= 0.6 is 0 Å². The molecule has 57 heavy (non-hydrogen) atoms. The summed E-state index contributed by atoms with van der Waals surface area (Å²) in [7, 11) is 0. The van der Waals surface area contributed by atoms with Crippen LogP contribution < -0.4 is 0 Å². The summed E-state index contributed by atoms with van der Waals surface area (Å²) >= 11 is 0. The van der Waals surface area contributed by atoms with Crippen LogP contribution in [0.25, 0.3) is 0 Å². The Bertz CT molecular complexity index is 1510. The summed E-state index contributed by atoms with van der Waals surface area (Å²) in [4.78, 5) is 10.5. The molecule has 0 rings (SSSR count). The first kappa shape index (κ1) is 53.9. The van der Waals surface area contributed by atoms with Crippen LogP contribution in [0, 0.1) is 0 Å². The second kappa shape index (κ2) is 13.7. The quantitative estimate of drug-likeness (QED) is 0.110. The summed E-state index contributed by atoms with van der Waals surface area (Å²) in [5.41, 5.74) is -1.20. The second-order valence-corrected chi connectivity index (χ2v) is 11.0. The van der Waals surface area contributed by atoms with Gasteiger partial charge in [0.25, 0.3) is 0 Å². The number of carboxylic acids is 1. The Morgan fingerprint density at radius 2 is 0.526 bits per heavy atom. The third-order valence-corrected chi connectivity index (χ3v) is 7.19. The lowest BCUT2D eigenvalue weighted by atomic mass is 9.82. The fourth-order valence-electron chi connectivity index (χ4n) is 3.49. The van der Waals surface area contributed by atoms with Crippen molar-refractivity contribution in [2.45, 2.75) is 115 Å². The summed E-state index contributed by atoms with van der Waals surface area (Å²) in [5.74, 6) is -145. The Labute approximate surface area is 288 Å². The molecule has 0 aromatic heterocycles. The minimum absolute atomic E-state index is 0.173. The molecule has 0 spiro atoms. The highest BCUT2D eigenvalue weighted by Crippen LogP contribution is 2.70. The number of alkyl halides is 33. The van der Waals surface area contributed by atoms with Crippen molar-refractivity contribution in [3.8, 4) is 0 Å². The monoisotopic (exact) mass is 932 g/mol. The van der Waals surface area contributed by atoms with Crippen LogP contribution in [0.1, 0.15) is 19.8 Å². The van der Waals surface area contributed by atoms with E-state index < -0.39 is 119 Å². The van der Waals surface area contributed by atoms with Crippen LogP contribution in [0.3, 0.4) is 0 Å². The van der Waals surface area contributed by atoms with E-state index in [0.29, 0.717) is 6.92 Å². The van der Waals surface area contributed by atoms with Crippen molar-refractivity contribution in [2.24, 2.45) is 0 Å². The molecule has 340 valence electrons. The Kier molecular flexibility index (Phi) is 13.0. The molecule has 0 bridgehead atoms. The highest BCUT2D eigenvalue weighted by atomic mass is 19.4. The molecule has 0 aliphatic heterocycles. The van der Waals surface area contributed by atoms with Crippen molar-refractivity contribution < 1.29 is 155 Å². The maximum absolute atomic E-state index is 14.0. The first-order chi connectivity index (χ1) is 24.1. The van der Waals surface area contributed by atoms with Crippen LogP contribution in [0.4, 0.5) is 145 Å². The predicted molar refractivity (Wildman–Crippen MR) is 111 cm³/mol. The highest BCUT2D eigenvalue weighted by molar-refractivity contribution is 5.85. The predicted octanol–water partition coefficient (Wildman–Crippen LogP) is 11.9. The minimum atomic E-state index is -10.2. The van der Waals surface area contributed by atoms with Gasteiger partial charge in [-0.15, -0.1) is 0 Å². The lowest BCUT2D eigenvalue weighted by molar-refractivity contribution is -0.491. The smallest absolute Gasteiger partial charge is 0.460 e. The van der Waals surface area contributed by atoms with E-state index in [1.54, 1.807) is 0 Å². The van der Waals surface area contributed by atoms with E-state index in [4.69, 9.17) is 5.11 Å². The van der Waals surface area contributed by atoms with E-state index in [1.807, 2.05) is 0 Å². The molecule has 0 aromatic rings. The average molecular weight is 932 g/mol. The Hall–Kier alpha value is -3.10. The summed E-state index contributed by atoms with van der Waals surface area (Å²) in [5, 5.41) is 8.41. The Morgan fingerprint density at radius 1 is 0.351 bits per heavy atom. The zero-order valence-electron chi connectivity index (χ0n) is 25.3. The molecule has 0 heterocycles. The van der Waals surface area contributed by atoms with E-state index in [9.17, 15) is 150 Å². The summed E-state index contributed by atoms with van der Waals surface area (Å²) in [6.07, 6.45) is -13.8. The molecule has 0 atom stereocenters. The van der Waals surface area contributed by atoms with Crippen molar-refractivity contribution in [2.75, 3.05) is 0 Å². The topological polar surface area (TPSA) is 37.3 Å². The molecule has 0 fully saturated rings. The fourth-order valence-corrected chi connectivity index (χ4v) is 3.49. The molecule has 0 radical (unpaired) electrons. The summed E-state index contributed by atoms with van der Waals surface area (Å²) < 4.78 is 448. The molecular formula is C22H9F33O2. The van der Waals surface area contributed by atoms with Gasteiger partial charge in [0, 0.05) is 12.0 Å². The molecule has 2 nitrogen and oxygen atoms in total. The number of rotatable bonds is 18. The van der Waals surface area contributed by atoms with Crippen LogP contribution in [-0.4, -0.2) is 106 Å². The van der Waals surface area contributed by atoms with Gasteiger partial charge in [0.05, 0.1) is 0 Å². The second-order valence-electron chi connectivity index (χ2n) is 11.0. The first-order valence-electron chi connectivity index (χ1n) is 12.7. The molecule has 0 amide bonds. The van der Waals surface area contributed by atoms with Crippen LogP contribution in [0.15, 0.2) is 11.6 Å². The van der Waals surface area contributed by atoms with Gasteiger partial charge < -0.3 is 5.11 Å². The van der Waals surface area contributed by atoms with Gasteiger partial charge in [-0.25, -0.2) is 4.79 Å². The molecule has 0 saturated carbocycles. The third-order valence-electron chi connectivity index (χ3n) is 7.19. The molecule has 0 aromatic carbocycles. The minimum Gasteiger partial charge on any atom is -0.478 e. The lowest BCUT2D eigenvalue weighted by Gasteiger charge is -2.47. The molecule has 0 aliphatic rings. The third kappa shape index (κ3) is 6.71. The number of carbonyl (C=O) groups is 1. The van der Waals surface area contributed by atoms with Crippen LogP contribution in [0.2, 0.25) is 0 Å². The molecular weight excluding hydrogens is 923 g/mol. The lowest BCUT2D eigenvalue weighted by Crippen LogP contribution is -2.79. The number of halogens is 33. The van der Waals surface area contributed by atoms with Crippen LogP contribution in [-0.2, 0) is 4.79 Å². The van der Waals surface area contributed by atoms with Crippen molar-refractivity contribution in [1.82, 2.24) is 0 Å². The van der Waals surface area contributed by atoms with Gasteiger partial charge in [-0.1, -0.05) is 6.08 Å². The number of hydrogen-bond donors (Lipinski definition) is 1. The van der Waals surface area contributed by atoms with Gasteiger partial charge >= 0.3 is 101 Å². The number of allylic oxidation sites excluding steroid dienone is 1. The molecule has 0 saturated heterocycles. The molecule has 0 unspecified atom stereocenters. The zero-order valence-corrected chi connectivity index (χ0v) is 25.3. The number of carboxylic acid groups (broad SMARTS) is 1. The van der Waals surface area contributed by atoms with E-state index in [2.05, 4.69) is 0 Å². The van der Waals surface area contributed by atoms with Gasteiger partial charge in [-0.05, 0) is 13.3 Å². The Balaban J connectivity index is 7.62. The zero-order chi connectivity index (χ0) is 47.3. The fraction of sp³-hybridized carbons (Fsp3) is 0.864. The SMILES string of the molecule is CC(=CCCC(F)(F)C(F)(F)C(F)(F)C(F)(F)C(F)(F)C(F)(F)C(F)(F)C(F)(F)C(F)(F)C(F)(F)C(F)(F)C(F)(F)C(F)(F)C(F)(F)C(F)(F)C(F)(F)F)C(=O)O. The largest absolute Gasteiger partial charge is 0.478 e. The van der Waals surface area contributed by atoms with E-state index in [0.717, 1.165) is 0 Å². The molecule has 35 heteroatoms. The summed E-state index contributed by atoms with van der Waals surface area (Å²) in [6.45, 7) is 0.389. The normalized spacial score (nSPS) is 17.0. The van der Waals surface area contributed by atoms with Gasteiger partial charge in [-0.2, -0.15) is 145 Å². The van der Waals surface area contributed by atoms with E-state index in [1.165, 1.54) is 0 Å². The Morgan fingerprint density at radius 3 is 0.702 bits per heavy atom. The van der Waals surface area contributed by atoms with Crippen LogP contribution in [0.5, 0.6) is 0 Å².